The van der Waals surface area contributed by atoms with Gasteiger partial charge in [0.25, 0.3) is 5.91 Å². The number of carbonyl (C=O) groups is 2. The van der Waals surface area contributed by atoms with E-state index in [0.29, 0.717) is 9.90 Å². The van der Waals surface area contributed by atoms with Crippen LogP contribution in [0.1, 0.15) is 9.67 Å². The maximum Gasteiger partial charge on any atom is 0.322 e. The van der Waals surface area contributed by atoms with Gasteiger partial charge in [0.1, 0.15) is 6.54 Å². The Morgan fingerprint density at radius 2 is 1.84 bits per heavy atom. The van der Waals surface area contributed by atoms with Crippen LogP contribution in [0, 0.1) is 0 Å². The lowest BCUT2D eigenvalue weighted by molar-refractivity contribution is -0.135. The van der Waals surface area contributed by atoms with Crippen molar-refractivity contribution < 1.29 is 14.7 Å². The summed E-state index contributed by atoms with van der Waals surface area (Å²) in [5.41, 5.74) is 0.965. The minimum Gasteiger partial charge on any atom is -0.480 e. The average Bonchev–Trinajstić information content (AvgIpc) is 2.86. The summed E-state index contributed by atoms with van der Waals surface area (Å²) >= 11 is 7.11. The summed E-state index contributed by atoms with van der Waals surface area (Å²) in [7, 11) is 0. The Morgan fingerprint density at radius 1 is 1.16 bits per heavy atom. The summed E-state index contributed by atoms with van der Waals surface area (Å²) in [6.07, 6.45) is 0. The van der Waals surface area contributed by atoms with Crippen molar-refractivity contribution in [3.8, 4) is 10.4 Å². The van der Waals surface area contributed by atoms with Gasteiger partial charge in [0.2, 0.25) is 0 Å². The molecule has 2 rings (SSSR count). The number of carboxylic acids is 1. The molecular formula is C13H10ClNO3S. The number of amides is 1. The monoisotopic (exact) mass is 295 g/mol. The highest BCUT2D eigenvalue weighted by Gasteiger charge is 2.11. The molecule has 0 saturated heterocycles. The first-order chi connectivity index (χ1) is 9.06. The maximum absolute atomic E-state index is 11.7. The van der Waals surface area contributed by atoms with Gasteiger partial charge in [-0.25, -0.2) is 0 Å². The molecule has 19 heavy (non-hydrogen) atoms. The third-order valence-electron chi connectivity index (χ3n) is 2.36. The Bertz CT molecular complexity index is 607. The fourth-order valence-electron chi connectivity index (χ4n) is 1.47. The third kappa shape index (κ3) is 3.56. The van der Waals surface area contributed by atoms with Gasteiger partial charge < -0.3 is 10.4 Å². The predicted octanol–water partition coefficient (Wildman–Crippen LogP) is 2.88. The van der Waals surface area contributed by atoms with Gasteiger partial charge in [-0.15, -0.1) is 11.3 Å². The molecule has 1 heterocycles. The van der Waals surface area contributed by atoms with E-state index in [1.54, 1.807) is 18.2 Å². The summed E-state index contributed by atoms with van der Waals surface area (Å²) < 4.78 is 0. The number of hydrogen-bond donors (Lipinski definition) is 2. The number of rotatable bonds is 4. The lowest BCUT2D eigenvalue weighted by Crippen LogP contribution is -2.28. The van der Waals surface area contributed by atoms with Crippen molar-refractivity contribution in [3.05, 3.63) is 46.3 Å². The summed E-state index contributed by atoms with van der Waals surface area (Å²) in [6.45, 7) is -0.382. The van der Waals surface area contributed by atoms with Crippen LogP contribution in [0.2, 0.25) is 5.02 Å². The average molecular weight is 296 g/mol. The molecule has 2 aromatic rings. The van der Waals surface area contributed by atoms with E-state index in [2.05, 4.69) is 5.32 Å². The van der Waals surface area contributed by atoms with Crippen molar-refractivity contribution in [2.75, 3.05) is 6.54 Å². The number of nitrogens with one attached hydrogen (secondary N) is 1. The quantitative estimate of drug-likeness (QED) is 0.911. The van der Waals surface area contributed by atoms with E-state index in [0.717, 1.165) is 10.4 Å². The van der Waals surface area contributed by atoms with E-state index in [9.17, 15) is 9.59 Å². The highest BCUT2D eigenvalue weighted by Crippen LogP contribution is 2.28. The number of benzene rings is 1. The van der Waals surface area contributed by atoms with Gasteiger partial charge in [0, 0.05) is 9.90 Å². The van der Waals surface area contributed by atoms with E-state index < -0.39 is 5.97 Å². The van der Waals surface area contributed by atoms with Crippen molar-refractivity contribution in [2.45, 2.75) is 0 Å². The molecule has 0 aliphatic carbocycles. The molecule has 1 amide bonds. The molecule has 0 bridgehead atoms. The van der Waals surface area contributed by atoms with Gasteiger partial charge in [0.15, 0.2) is 0 Å². The first kappa shape index (κ1) is 13.6. The number of halogens is 1. The van der Waals surface area contributed by atoms with E-state index >= 15 is 0 Å². The molecule has 0 aliphatic heterocycles. The second kappa shape index (κ2) is 5.86. The molecule has 0 fully saturated rings. The third-order valence-corrected chi connectivity index (χ3v) is 3.74. The zero-order chi connectivity index (χ0) is 13.8. The smallest absolute Gasteiger partial charge is 0.322 e. The van der Waals surface area contributed by atoms with Crippen molar-refractivity contribution in [1.82, 2.24) is 5.32 Å². The normalized spacial score (nSPS) is 10.2. The van der Waals surface area contributed by atoms with E-state index in [1.165, 1.54) is 11.3 Å². The molecule has 1 aromatic carbocycles. The summed E-state index contributed by atoms with van der Waals surface area (Å²) in [5.74, 6) is -1.45. The Morgan fingerprint density at radius 3 is 2.47 bits per heavy atom. The van der Waals surface area contributed by atoms with Crippen LogP contribution in [0.25, 0.3) is 10.4 Å². The zero-order valence-corrected chi connectivity index (χ0v) is 11.3. The van der Waals surface area contributed by atoms with Crippen LogP contribution in [0.5, 0.6) is 0 Å². The maximum atomic E-state index is 11.7. The van der Waals surface area contributed by atoms with Gasteiger partial charge in [-0.2, -0.15) is 0 Å². The minimum absolute atomic E-state index is 0.382. The summed E-state index contributed by atoms with van der Waals surface area (Å²) in [6, 6.07) is 10.8. The number of carboxylic acid groups (broad SMARTS) is 1. The molecule has 0 atom stereocenters. The van der Waals surface area contributed by atoms with E-state index in [-0.39, 0.29) is 12.5 Å². The molecule has 0 aliphatic rings. The Balaban J connectivity index is 2.12. The van der Waals surface area contributed by atoms with Crippen LogP contribution in [0.15, 0.2) is 36.4 Å². The second-order valence-corrected chi connectivity index (χ2v) is 5.27. The molecule has 0 radical (unpaired) electrons. The number of hydrogen-bond acceptors (Lipinski definition) is 3. The fourth-order valence-corrected chi connectivity index (χ4v) is 2.53. The topological polar surface area (TPSA) is 66.4 Å². The molecule has 6 heteroatoms. The van der Waals surface area contributed by atoms with Crippen LogP contribution in [0.3, 0.4) is 0 Å². The Labute approximate surface area is 118 Å². The summed E-state index contributed by atoms with van der Waals surface area (Å²) in [5, 5.41) is 11.5. The molecule has 2 N–H and O–H groups in total. The van der Waals surface area contributed by atoms with Crippen LogP contribution < -0.4 is 5.32 Å². The van der Waals surface area contributed by atoms with E-state index in [1.807, 2.05) is 18.2 Å². The molecule has 0 unspecified atom stereocenters. The van der Waals surface area contributed by atoms with Crippen LogP contribution in [-0.2, 0) is 4.79 Å². The molecule has 4 nitrogen and oxygen atoms in total. The standard InChI is InChI=1S/C13H10ClNO3S/c14-9-3-1-8(2-4-9)10-5-6-11(19-10)13(18)15-7-12(16)17/h1-6H,7H2,(H,15,18)(H,16,17). The van der Waals surface area contributed by atoms with Crippen molar-refractivity contribution >= 4 is 34.8 Å². The van der Waals surface area contributed by atoms with Crippen LogP contribution in [-0.4, -0.2) is 23.5 Å². The molecular weight excluding hydrogens is 286 g/mol. The fraction of sp³-hybridized carbons (Fsp3) is 0.0769. The number of thiophene rings is 1. The molecule has 98 valence electrons. The van der Waals surface area contributed by atoms with Gasteiger partial charge in [-0.05, 0) is 29.8 Å². The molecule has 1 aromatic heterocycles. The second-order valence-electron chi connectivity index (χ2n) is 3.75. The van der Waals surface area contributed by atoms with Crippen molar-refractivity contribution in [3.63, 3.8) is 0 Å². The molecule has 0 saturated carbocycles. The first-order valence-electron chi connectivity index (χ1n) is 5.42. The number of carbonyl (C=O) groups excluding carboxylic acids is 1. The SMILES string of the molecule is O=C(O)CNC(=O)c1ccc(-c2ccc(Cl)cc2)s1. The first-order valence-corrected chi connectivity index (χ1v) is 6.61. The Kier molecular flexibility index (Phi) is 4.19. The van der Waals surface area contributed by atoms with Gasteiger partial charge in [0.05, 0.1) is 4.88 Å². The van der Waals surface area contributed by atoms with Crippen molar-refractivity contribution in [2.24, 2.45) is 0 Å². The van der Waals surface area contributed by atoms with Gasteiger partial charge in [-0.1, -0.05) is 23.7 Å². The lowest BCUT2D eigenvalue weighted by atomic mass is 10.2. The van der Waals surface area contributed by atoms with E-state index in [4.69, 9.17) is 16.7 Å². The summed E-state index contributed by atoms with van der Waals surface area (Å²) in [4.78, 5) is 23.4. The lowest BCUT2D eigenvalue weighted by Gasteiger charge is -1.99. The van der Waals surface area contributed by atoms with Crippen LogP contribution in [0.4, 0.5) is 0 Å². The van der Waals surface area contributed by atoms with Gasteiger partial charge in [-0.3, -0.25) is 9.59 Å². The largest absolute Gasteiger partial charge is 0.480 e. The zero-order valence-electron chi connectivity index (χ0n) is 9.72. The van der Waals surface area contributed by atoms with Crippen LogP contribution >= 0.6 is 22.9 Å². The molecule has 0 spiro atoms. The highest BCUT2D eigenvalue weighted by atomic mass is 35.5. The number of aliphatic carboxylic acids is 1. The van der Waals surface area contributed by atoms with Gasteiger partial charge >= 0.3 is 5.97 Å². The Hall–Kier alpha value is -1.85. The predicted molar refractivity (Wildman–Crippen MR) is 74.7 cm³/mol. The highest BCUT2D eigenvalue weighted by molar-refractivity contribution is 7.17. The minimum atomic E-state index is -1.07. The van der Waals surface area contributed by atoms with Crippen molar-refractivity contribution in [1.29, 1.82) is 0 Å².